The number of aliphatic carboxylic acids is 1. The Bertz CT molecular complexity index is 823. The quantitative estimate of drug-likeness (QED) is 0.117. The van der Waals surface area contributed by atoms with E-state index in [0.717, 1.165) is 0 Å². The molecule has 0 radical (unpaired) electrons. The molecule has 4 amide bonds. The highest BCUT2D eigenvalue weighted by atomic mass is 32.2. The number of carbonyl (C=O) groups excluding carboxylic acids is 4. The molecule has 4 unspecified atom stereocenters. The summed E-state index contributed by atoms with van der Waals surface area (Å²) < 4.78 is 0. The second-order valence-electron chi connectivity index (χ2n) is 7.04. The fraction of sp³-hybridized carbons (Fsp3) is 0.556. The topological polar surface area (TPSA) is 222 Å². The number of carbonyl (C=O) groups is 5. The number of rotatable bonds is 15. The molecule has 0 aliphatic rings. The molecule has 4 atom stereocenters. The zero-order valence-electron chi connectivity index (χ0n) is 17.9. The van der Waals surface area contributed by atoms with Crippen LogP contribution in [0.3, 0.4) is 0 Å². The Labute approximate surface area is 200 Å². The van der Waals surface area contributed by atoms with Crippen molar-refractivity contribution in [1.82, 2.24) is 25.9 Å². The van der Waals surface area contributed by atoms with Crippen LogP contribution in [0.5, 0.6) is 0 Å². The molecule has 1 heterocycles. The molecule has 15 heteroatoms. The SMILES string of the molecule is CSCCC(NC(=O)C(N)Cc1cnc[nH]1)C(=O)NC(CC(N)=O)C(=O)NC(CS)C(=O)O. The van der Waals surface area contributed by atoms with E-state index in [4.69, 9.17) is 16.6 Å². The van der Waals surface area contributed by atoms with Gasteiger partial charge < -0.3 is 37.5 Å². The summed E-state index contributed by atoms with van der Waals surface area (Å²) in [4.78, 5) is 67.1. The summed E-state index contributed by atoms with van der Waals surface area (Å²) in [6, 6.07) is -4.79. The first-order chi connectivity index (χ1) is 15.6. The van der Waals surface area contributed by atoms with Crippen LogP contribution in [0.25, 0.3) is 0 Å². The van der Waals surface area contributed by atoms with Crippen LogP contribution >= 0.6 is 24.4 Å². The average Bonchev–Trinajstić information content (AvgIpc) is 3.26. The van der Waals surface area contributed by atoms with Crippen LogP contribution in [-0.4, -0.2) is 86.6 Å². The highest BCUT2D eigenvalue weighted by molar-refractivity contribution is 7.98. The summed E-state index contributed by atoms with van der Waals surface area (Å²) in [6.45, 7) is 0. The van der Waals surface area contributed by atoms with Crippen LogP contribution in [0.4, 0.5) is 0 Å². The van der Waals surface area contributed by atoms with E-state index in [1.54, 1.807) is 0 Å². The van der Waals surface area contributed by atoms with Gasteiger partial charge in [-0.25, -0.2) is 9.78 Å². The van der Waals surface area contributed by atoms with Crippen molar-refractivity contribution >= 4 is 54.0 Å². The van der Waals surface area contributed by atoms with E-state index in [1.165, 1.54) is 24.3 Å². The third-order valence-electron chi connectivity index (χ3n) is 4.41. The second-order valence-corrected chi connectivity index (χ2v) is 8.39. The van der Waals surface area contributed by atoms with E-state index in [-0.39, 0.29) is 18.6 Å². The molecule has 1 rings (SSSR count). The van der Waals surface area contributed by atoms with Crippen molar-refractivity contribution in [3.05, 3.63) is 18.2 Å². The lowest BCUT2D eigenvalue weighted by Gasteiger charge is -2.24. The maximum absolute atomic E-state index is 12.9. The van der Waals surface area contributed by atoms with Gasteiger partial charge in [-0.3, -0.25) is 19.2 Å². The van der Waals surface area contributed by atoms with Gasteiger partial charge in [-0.05, 0) is 18.4 Å². The fourth-order valence-electron chi connectivity index (χ4n) is 2.65. The van der Waals surface area contributed by atoms with Crippen molar-refractivity contribution in [2.75, 3.05) is 17.8 Å². The van der Waals surface area contributed by atoms with Gasteiger partial charge in [-0.2, -0.15) is 24.4 Å². The summed E-state index contributed by atoms with van der Waals surface area (Å²) in [5.41, 5.74) is 11.7. The number of thiol groups is 1. The Morgan fingerprint density at radius 1 is 1.12 bits per heavy atom. The van der Waals surface area contributed by atoms with Gasteiger partial charge in [0.2, 0.25) is 23.6 Å². The number of hydrogen-bond donors (Lipinski definition) is 8. The van der Waals surface area contributed by atoms with Gasteiger partial charge >= 0.3 is 5.97 Å². The Hall–Kier alpha value is -2.78. The summed E-state index contributed by atoms with van der Waals surface area (Å²) in [5, 5.41) is 16.2. The normalized spacial score (nSPS) is 14.4. The van der Waals surface area contributed by atoms with Crippen molar-refractivity contribution in [3.63, 3.8) is 0 Å². The van der Waals surface area contributed by atoms with E-state index in [9.17, 15) is 24.0 Å². The lowest BCUT2D eigenvalue weighted by atomic mass is 10.1. The second kappa shape index (κ2) is 14.4. The number of H-pyrrole nitrogens is 1. The van der Waals surface area contributed by atoms with Crippen LogP contribution < -0.4 is 27.4 Å². The third kappa shape index (κ3) is 10.1. The van der Waals surface area contributed by atoms with Gasteiger partial charge in [0.05, 0.1) is 18.8 Å². The Morgan fingerprint density at radius 3 is 2.24 bits per heavy atom. The maximum atomic E-state index is 12.9. The van der Waals surface area contributed by atoms with Gasteiger partial charge in [0.1, 0.15) is 18.1 Å². The van der Waals surface area contributed by atoms with Gasteiger partial charge in [0.15, 0.2) is 0 Å². The minimum Gasteiger partial charge on any atom is -0.480 e. The molecule has 1 aromatic rings. The number of nitrogens with one attached hydrogen (secondary N) is 4. The molecule has 0 spiro atoms. The molecular weight excluding hydrogens is 474 g/mol. The number of primary amides is 1. The summed E-state index contributed by atoms with van der Waals surface area (Å²) in [5.74, 6) is -4.19. The minimum absolute atomic E-state index is 0.162. The number of imidazole rings is 1. The smallest absolute Gasteiger partial charge is 0.327 e. The molecule has 13 nitrogen and oxygen atoms in total. The molecule has 33 heavy (non-hydrogen) atoms. The molecule has 0 aromatic carbocycles. The summed E-state index contributed by atoms with van der Waals surface area (Å²) >= 11 is 5.29. The number of aromatic nitrogens is 2. The number of nitrogens with zero attached hydrogens (tertiary/aromatic N) is 1. The molecule has 0 fully saturated rings. The maximum Gasteiger partial charge on any atom is 0.327 e. The number of nitrogens with two attached hydrogens (primary N) is 2. The largest absolute Gasteiger partial charge is 0.480 e. The number of amides is 4. The van der Waals surface area contributed by atoms with E-state index >= 15 is 0 Å². The van der Waals surface area contributed by atoms with Crippen LogP contribution in [0.15, 0.2) is 12.5 Å². The predicted octanol–water partition coefficient (Wildman–Crippen LogP) is -2.62. The predicted molar refractivity (Wildman–Crippen MR) is 124 cm³/mol. The summed E-state index contributed by atoms with van der Waals surface area (Å²) in [6.07, 6.45) is 4.59. The molecule has 0 saturated heterocycles. The molecule has 184 valence electrons. The molecule has 0 aliphatic heterocycles. The number of aromatic amines is 1. The third-order valence-corrected chi connectivity index (χ3v) is 5.42. The van der Waals surface area contributed by atoms with Crippen molar-refractivity contribution in [3.8, 4) is 0 Å². The van der Waals surface area contributed by atoms with Crippen LogP contribution in [0.2, 0.25) is 0 Å². The van der Waals surface area contributed by atoms with E-state index < -0.39 is 60.2 Å². The zero-order valence-corrected chi connectivity index (χ0v) is 19.7. The lowest BCUT2D eigenvalue weighted by molar-refractivity contribution is -0.141. The van der Waals surface area contributed by atoms with Gasteiger partial charge in [0.25, 0.3) is 0 Å². The first kappa shape index (κ1) is 28.3. The first-order valence-electron chi connectivity index (χ1n) is 9.83. The number of hydrogen-bond acceptors (Lipinski definition) is 9. The number of carboxylic acid groups (broad SMARTS) is 1. The van der Waals surface area contributed by atoms with E-state index in [2.05, 4.69) is 38.5 Å². The van der Waals surface area contributed by atoms with E-state index in [0.29, 0.717) is 11.4 Å². The van der Waals surface area contributed by atoms with Crippen molar-refractivity contribution < 1.29 is 29.1 Å². The number of carboxylic acids is 1. The number of thioether (sulfide) groups is 1. The first-order valence-corrected chi connectivity index (χ1v) is 11.9. The minimum atomic E-state index is -1.44. The highest BCUT2D eigenvalue weighted by Crippen LogP contribution is 2.05. The highest BCUT2D eigenvalue weighted by Gasteiger charge is 2.30. The molecule has 9 N–H and O–H groups in total. The van der Waals surface area contributed by atoms with Crippen molar-refractivity contribution in [2.24, 2.45) is 11.5 Å². The molecule has 0 saturated carbocycles. The molecule has 0 aliphatic carbocycles. The van der Waals surface area contributed by atoms with Gasteiger partial charge in [0, 0.05) is 24.1 Å². The Kier molecular flexibility index (Phi) is 12.3. The van der Waals surface area contributed by atoms with Crippen LogP contribution in [-0.2, 0) is 30.4 Å². The lowest BCUT2D eigenvalue weighted by Crippen LogP contribution is -2.58. The Morgan fingerprint density at radius 2 is 1.73 bits per heavy atom. The monoisotopic (exact) mass is 503 g/mol. The van der Waals surface area contributed by atoms with Gasteiger partial charge in [-0.1, -0.05) is 0 Å². The van der Waals surface area contributed by atoms with Gasteiger partial charge in [-0.15, -0.1) is 0 Å². The van der Waals surface area contributed by atoms with Crippen LogP contribution in [0.1, 0.15) is 18.5 Å². The molecular formula is C18H29N7O6S2. The zero-order chi connectivity index (χ0) is 25.0. The van der Waals surface area contributed by atoms with E-state index in [1.807, 2.05) is 6.26 Å². The average molecular weight is 504 g/mol. The fourth-order valence-corrected chi connectivity index (χ4v) is 3.37. The van der Waals surface area contributed by atoms with Crippen molar-refractivity contribution in [1.29, 1.82) is 0 Å². The van der Waals surface area contributed by atoms with Crippen molar-refractivity contribution in [2.45, 2.75) is 43.4 Å². The molecule has 1 aromatic heterocycles. The van der Waals surface area contributed by atoms with Crippen LogP contribution in [0, 0.1) is 0 Å². The molecule has 0 bridgehead atoms. The Balaban J connectivity index is 2.89. The summed E-state index contributed by atoms with van der Waals surface area (Å²) in [7, 11) is 0. The standard InChI is InChI=1S/C18H29N7O6S2/c1-33-3-2-11(23-15(27)10(19)4-9-6-21-8-22-9)16(28)24-12(5-14(20)26)17(29)25-13(7-32)18(30)31/h6,8,10-13,32H,2-5,7,19H2,1H3,(H2,20,26)(H,21,22)(H,23,27)(H,24,28)(H,25,29)(H,30,31).